The van der Waals surface area contributed by atoms with Crippen LogP contribution < -0.4 is 4.74 Å². The van der Waals surface area contributed by atoms with E-state index in [4.69, 9.17) is 9.47 Å². The SMILES string of the molecule is CCCCCCCCCCCCCCCCC(O)(OCc1ccccc1)c1ccccc1OCc1ccccc1. The number of aliphatic hydroxyl groups is 1. The molecule has 3 aromatic carbocycles. The van der Waals surface area contributed by atoms with Crippen LogP contribution in [0.4, 0.5) is 0 Å². The standard InChI is InChI=1S/C37H52O3/c1-2-3-4-5-6-7-8-9-10-11-12-13-14-23-30-37(38,40-32-34-26-19-16-20-27-34)35-28-21-22-29-36(35)39-31-33-24-17-15-18-25-33/h15-22,24-29,38H,2-14,23,30-32H2,1H3. The van der Waals surface area contributed by atoms with Gasteiger partial charge in [-0.15, -0.1) is 0 Å². The first-order chi connectivity index (χ1) is 19.7. The average molecular weight is 545 g/mol. The van der Waals surface area contributed by atoms with E-state index in [0.29, 0.717) is 30.9 Å². The molecule has 0 heterocycles. The Morgan fingerprint density at radius 1 is 0.525 bits per heavy atom. The van der Waals surface area contributed by atoms with E-state index in [9.17, 15) is 5.11 Å². The second kappa shape index (κ2) is 19.5. The monoisotopic (exact) mass is 544 g/mol. The first kappa shape index (κ1) is 31.9. The number of unbranched alkanes of at least 4 members (excludes halogenated alkanes) is 13. The van der Waals surface area contributed by atoms with Gasteiger partial charge in [0.2, 0.25) is 0 Å². The Bertz CT molecular complexity index is 1020. The van der Waals surface area contributed by atoms with Gasteiger partial charge in [0, 0.05) is 6.42 Å². The fourth-order valence-electron chi connectivity index (χ4n) is 5.27. The first-order valence-electron chi connectivity index (χ1n) is 15.9. The molecule has 0 aliphatic rings. The van der Waals surface area contributed by atoms with Crippen LogP contribution in [0.1, 0.15) is 120 Å². The third kappa shape index (κ3) is 12.3. The summed E-state index contributed by atoms with van der Waals surface area (Å²) in [5.74, 6) is -0.729. The second-order valence-corrected chi connectivity index (χ2v) is 11.2. The van der Waals surface area contributed by atoms with Crippen molar-refractivity contribution in [1.82, 2.24) is 0 Å². The van der Waals surface area contributed by atoms with Crippen LogP contribution in [0.25, 0.3) is 0 Å². The number of hydrogen-bond donors (Lipinski definition) is 1. The van der Waals surface area contributed by atoms with E-state index in [1.165, 1.54) is 77.0 Å². The smallest absolute Gasteiger partial charge is 0.196 e. The molecule has 40 heavy (non-hydrogen) atoms. The Morgan fingerprint density at radius 2 is 0.975 bits per heavy atom. The molecule has 0 saturated heterocycles. The predicted octanol–water partition coefficient (Wildman–Crippen LogP) is 10.5. The molecule has 218 valence electrons. The highest BCUT2D eigenvalue weighted by molar-refractivity contribution is 5.37. The molecular formula is C37H52O3. The van der Waals surface area contributed by atoms with E-state index in [-0.39, 0.29) is 0 Å². The zero-order valence-corrected chi connectivity index (χ0v) is 24.9. The molecule has 0 aliphatic heterocycles. The normalized spacial score (nSPS) is 12.8. The summed E-state index contributed by atoms with van der Waals surface area (Å²) in [6.45, 7) is 3.08. The summed E-state index contributed by atoms with van der Waals surface area (Å²) < 4.78 is 12.5. The number of hydrogen-bond acceptors (Lipinski definition) is 3. The maximum Gasteiger partial charge on any atom is 0.196 e. The summed E-state index contributed by atoms with van der Waals surface area (Å²) in [6, 6.07) is 28.0. The Labute approximate surface area is 244 Å². The van der Waals surface area contributed by atoms with Crippen LogP contribution in [0.2, 0.25) is 0 Å². The lowest BCUT2D eigenvalue weighted by Crippen LogP contribution is -2.30. The molecule has 3 aromatic rings. The van der Waals surface area contributed by atoms with Gasteiger partial charge < -0.3 is 14.6 Å². The van der Waals surface area contributed by atoms with Crippen molar-refractivity contribution in [3.8, 4) is 5.75 Å². The van der Waals surface area contributed by atoms with Crippen molar-refractivity contribution in [2.75, 3.05) is 0 Å². The van der Waals surface area contributed by atoms with E-state index < -0.39 is 5.79 Å². The van der Waals surface area contributed by atoms with Crippen LogP contribution in [0.5, 0.6) is 5.75 Å². The molecule has 1 unspecified atom stereocenters. The van der Waals surface area contributed by atoms with Gasteiger partial charge >= 0.3 is 0 Å². The lowest BCUT2D eigenvalue weighted by molar-refractivity contribution is -0.226. The molecule has 0 bridgehead atoms. The summed E-state index contributed by atoms with van der Waals surface area (Å²) >= 11 is 0. The van der Waals surface area contributed by atoms with Crippen LogP contribution >= 0.6 is 0 Å². The van der Waals surface area contributed by atoms with E-state index >= 15 is 0 Å². The van der Waals surface area contributed by atoms with Gasteiger partial charge in [-0.25, -0.2) is 0 Å². The fourth-order valence-corrected chi connectivity index (χ4v) is 5.27. The van der Waals surface area contributed by atoms with E-state index in [1.54, 1.807) is 0 Å². The molecule has 3 nitrogen and oxygen atoms in total. The molecule has 0 aromatic heterocycles. The predicted molar refractivity (Wildman–Crippen MR) is 167 cm³/mol. The van der Waals surface area contributed by atoms with Gasteiger partial charge in [-0.1, -0.05) is 163 Å². The second-order valence-electron chi connectivity index (χ2n) is 11.2. The van der Waals surface area contributed by atoms with Gasteiger partial charge in [-0.2, -0.15) is 0 Å². The highest BCUT2D eigenvalue weighted by atomic mass is 16.6. The van der Waals surface area contributed by atoms with Crippen LogP contribution in [0.3, 0.4) is 0 Å². The van der Waals surface area contributed by atoms with Gasteiger partial charge in [0.1, 0.15) is 12.4 Å². The minimum atomic E-state index is -1.40. The molecular weight excluding hydrogens is 492 g/mol. The Morgan fingerprint density at radius 3 is 1.52 bits per heavy atom. The van der Waals surface area contributed by atoms with Gasteiger partial charge in [0.25, 0.3) is 0 Å². The average Bonchev–Trinajstić information content (AvgIpc) is 3.00. The largest absolute Gasteiger partial charge is 0.488 e. The molecule has 0 aliphatic carbocycles. The van der Waals surface area contributed by atoms with Crippen LogP contribution in [-0.2, 0) is 23.7 Å². The molecule has 3 rings (SSSR count). The molecule has 1 N–H and O–H groups in total. The van der Waals surface area contributed by atoms with E-state index in [1.807, 2.05) is 72.8 Å². The zero-order chi connectivity index (χ0) is 28.1. The van der Waals surface area contributed by atoms with Crippen LogP contribution in [-0.4, -0.2) is 5.11 Å². The van der Waals surface area contributed by atoms with Gasteiger partial charge in [-0.3, -0.25) is 0 Å². The summed E-state index contributed by atoms with van der Waals surface area (Å²) in [4.78, 5) is 0. The summed E-state index contributed by atoms with van der Waals surface area (Å²) in [5, 5.41) is 11.9. The van der Waals surface area contributed by atoms with Gasteiger partial charge in [0.15, 0.2) is 5.79 Å². The molecule has 3 heteroatoms. The first-order valence-corrected chi connectivity index (χ1v) is 15.9. The third-order valence-electron chi connectivity index (χ3n) is 7.73. The molecule has 0 spiro atoms. The Hall–Kier alpha value is -2.62. The molecule has 0 radical (unpaired) electrons. The van der Waals surface area contributed by atoms with E-state index in [2.05, 4.69) is 19.1 Å². The number of rotatable bonds is 22. The molecule has 0 saturated carbocycles. The highest BCUT2D eigenvalue weighted by Crippen LogP contribution is 2.36. The number of ether oxygens (including phenoxy) is 2. The fraction of sp³-hybridized carbons (Fsp3) is 0.514. The summed E-state index contributed by atoms with van der Waals surface area (Å²) in [6.07, 6.45) is 18.8. The maximum atomic E-state index is 11.9. The van der Waals surface area contributed by atoms with E-state index in [0.717, 1.165) is 24.0 Å². The van der Waals surface area contributed by atoms with Crippen molar-refractivity contribution >= 4 is 0 Å². The van der Waals surface area contributed by atoms with Crippen molar-refractivity contribution in [3.05, 3.63) is 102 Å². The minimum Gasteiger partial charge on any atom is -0.488 e. The minimum absolute atomic E-state index is 0.350. The van der Waals surface area contributed by atoms with Crippen molar-refractivity contribution < 1.29 is 14.6 Å². The molecule has 0 fully saturated rings. The van der Waals surface area contributed by atoms with Crippen molar-refractivity contribution in [1.29, 1.82) is 0 Å². The molecule has 1 atom stereocenters. The topological polar surface area (TPSA) is 38.7 Å². The number of para-hydroxylation sites is 1. The summed E-state index contributed by atoms with van der Waals surface area (Å²) in [7, 11) is 0. The maximum absolute atomic E-state index is 11.9. The van der Waals surface area contributed by atoms with Crippen molar-refractivity contribution in [2.45, 2.75) is 122 Å². The molecule has 0 amide bonds. The van der Waals surface area contributed by atoms with Crippen molar-refractivity contribution in [3.63, 3.8) is 0 Å². The lowest BCUT2D eigenvalue weighted by Gasteiger charge is -2.30. The summed E-state index contributed by atoms with van der Waals surface area (Å²) in [5.41, 5.74) is 2.85. The zero-order valence-electron chi connectivity index (χ0n) is 24.9. The quantitative estimate of drug-likeness (QED) is 0.101. The van der Waals surface area contributed by atoms with Gasteiger partial charge in [0.05, 0.1) is 12.2 Å². The number of benzene rings is 3. The van der Waals surface area contributed by atoms with Gasteiger partial charge in [-0.05, 0) is 29.7 Å². The lowest BCUT2D eigenvalue weighted by atomic mass is 9.97. The third-order valence-corrected chi connectivity index (χ3v) is 7.73. The van der Waals surface area contributed by atoms with Crippen molar-refractivity contribution in [2.24, 2.45) is 0 Å². The highest BCUT2D eigenvalue weighted by Gasteiger charge is 2.33. The Kier molecular flexibility index (Phi) is 15.5. The van der Waals surface area contributed by atoms with Crippen LogP contribution in [0.15, 0.2) is 84.9 Å². The van der Waals surface area contributed by atoms with Crippen LogP contribution in [0, 0.1) is 0 Å². The Balaban J connectivity index is 1.46.